The summed E-state index contributed by atoms with van der Waals surface area (Å²) in [4.78, 5) is 26.7. The zero-order valence-corrected chi connectivity index (χ0v) is 11.6. The van der Waals surface area contributed by atoms with E-state index in [1.807, 2.05) is 0 Å². The van der Waals surface area contributed by atoms with Gasteiger partial charge in [-0.25, -0.2) is 4.98 Å². The van der Waals surface area contributed by atoms with Gasteiger partial charge in [-0.15, -0.1) is 0 Å². The number of esters is 1. The van der Waals surface area contributed by atoms with E-state index in [1.165, 1.54) is 7.11 Å². The van der Waals surface area contributed by atoms with Gasteiger partial charge < -0.3 is 10.1 Å². The number of hydrogen-bond acceptors (Lipinski definition) is 4. The average molecular weight is 291 g/mol. The normalized spacial score (nSPS) is 10.1. The number of pyridine rings is 1. The number of ether oxygens (including phenoxy) is 1. The van der Waals surface area contributed by atoms with Crippen LogP contribution in [0.2, 0.25) is 10.3 Å². The van der Waals surface area contributed by atoms with Gasteiger partial charge >= 0.3 is 5.97 Å². The van der Waals surface area contributed by atoms with Crippen molar-refractivity contribution in [3.05, 3.63) is 27.0 Å². The van der Waals surface area contributed by atoms with Crippen LogP contribution in [0, 0.1) is 13.8 Å². The molecule has 5 nitrogen and oxygen atoms in total. The third-order valence-corrected chi connectivity index (χ3v) is 3.14. The number of halogens is 2. The van der Waals surface area contributed by atoms with Gasteiger partial charge in [0.05, 0.1) is 12.7 Å². The van der Waals surface area contributed by atoms with E-state index >= 15 is 0 Å². The molecule has 0 saturated carbocycles. The highest BCUT2D eigenvalue weighted by Crippen LogP contribution is 2.25. The van der Waals surface area contributed by atoms with Crippen LogP contribution in [0.25, 0.3) is 0 Å². The van der Waals surface area contributed by atoms with E-state index in [0.717, 1.165) is 0 Å². The van der Waals surface area contributed by atoms with Gasteiger partial charge in [-0.2, -0.15) is 0 Å². The number of amides is 1. The molecule has 1 rings (SSSR count). The minimum atomic E-state index is -0.546. The fourth-order valence-electron chi connectivity index (χ4n) is 1.30. The Kier molecular flexibility index (Phi) is 4.93. The summed E-state index contributed by atoms with van der Waals surface area (Å²) in [6.45, 7) is 3.21. The number of aromatic nitrogens is 1. The lowest BCUT2D eigenvalue weighted by Gasteiger charge is -2.11. The second kappa shape index (κ2) is 6.02. The molecule has 0 unspecified atom stereocenters. The van der Waals surface area contributed by atoms with Crippen LogP contribution in [0.1, 0.15) is 21.5 Å². The van der Waals surface area contributed by atoms with E-state index in [0.29, 0.717) is 11.1 Å². The smallest absolute Gasteiger partial charge is 0.325 e. The van der Waals surface area contributed by atoms with Crippen LogP contribution in [0.15, 0.2) is 0 Å². The molecule has 98 valence electrons. The number of carbonyl (C=O) groups excluding carboxylic acids is 2. The topological polar surface area (TPSA) is 68.3 Å². The Morgan fingerprint density at radius 1 is 1.22 bits per heavy atom. The summed E-state index contributed by atoms with van der Waals surface area (Å²) in [7, 11) is 1.24. The molecule has 0 aliphatic rings. The van der Waals surface area contributed by atoms with Crippen LogP contribution in [-0.2, 0) is 9.53 Å². The molecule has 0 aromatic carbocycles. The quantitative estimate of drug-likeness (QED) is 0.682. The highest BCUT2D eigenvalue weighted by molar-refractivity contribution is 6.35. The maximum atomic E-state index is 11.9. The second-order valence-corrected chi connectivity index (χ2v) is 4.29. The molecular formula is C11H12Cl2N2O3. The summed E-state index contributed by atoms with van der Waals surface area (Å²) in [5, 5.41) is 2.65. The van der Waals surface area contributed by atoms with E-state index in [2.05, 4.69) is 15.0 Å². The largest absolute Gasteiger partial charge is 0.468 e. The highest BCUT2D eigenvalue weighted by atomic mass is 35.5. The van der Waals surface area contributed by atoms with Gasteiger partial charge in [-0.1, -0.05) is 23.2 Å². The molecule has 0 bridgehead atoms. The highest BCUT2D eigenvalue weighted by Gasteiger charge is 2.19. The van der Waals surface area contributed by atoms with Gasteiger partial charge in [-0.3, -0.25) is 9.59 Å². The molecule has 1 aromatic rings. The third kappa shape index (κ3) is 3.11. The van der Waals surface area contributed by atoms with Crippen molar-refractivity contribution in [3.63, 3.8) is 0 Å². The zero-order valence-electron chi connectivity index (χ0n) is 10.1. The molecular weight excluding hydrogens is 279 g/mol. The number of rotatable bonds is 3. The second-order valence-electron chi connectivity index (χ2n) is 3.58. The molecule has 0 fully saturated rings. The number of nitrogens with one attached hydrogen (secondary N) is 1. The first-order valence-electron chi connectivity index (χ1n) is 5.05. The minimum Gasteiger partial charge on any atom is -0.468 e. The van der Waals surface area contributed by atoms with Gasteiger partial charge in [0.2, 0.25) is 0 Å². The van der Waals surface area contributed by atoms with Gasteiger partial charge in [0.15, 0.2) is 0 Å². The SMILES string of the molecule is COC(=O)CNC(=O)c1c(Cl)nc(Cl)c(C)c1C. The monoisotopic (exact) mass is 290 g/mol. The number of methoxy groups -OCH3 is 1. The number of nitrogens with zero attached hydrogens (tertiary/aromatic N) is 1. The molecule has 18 heavy (non-hydrogen) atoms. The van der Waals surface area contributed by atoms with E-state index in [-0.39, 0.29) is 22.4 Å². The summed E-state index contributed by atoms with van der Waals surface area (Å²) in [6, 6.07) is 0. The molecule has 0 radical (unpaired) electrons. The van der Waals surface area contributed by atoms with Crippen molar-refractivity contribution in [2.75, 3.05) is 13.7 Å². The molecule has 0 aliphatic carbocycles. The summed E-state index contributed by atoms with van der Waals surface area (Å²) in [5.74, 6) is -1.04. The maximum absolute atomic E-state index is 11.9. The van der Waals surface area contributed by atoms with Crippen LogP contribution in [0.4, 0.5) is 0 Å². The standard InChI is InChI=1S/C11H12Cl2N2O3/c1-5-6(2)9(12)15-10(13)8(5)11(17)14-4-7(16)18-3/h4H2,1-3H3,(H,14,17). The van der Waals surface area contributed by atoms with Gasteiger partial charge in [0, 0.05) is 0 Å². The molecule has 0 aliphatic heterocycles. The summed E-state index contributed by atoms with van der Waals surface area (Å²) < 4.78 is 4.42. The van der Waals surface area contributed by atoms with E-state index in [1.54, 1.807) is 13.8 Å². The summed E-state index contributed by atoms with van der Waals surface area (Å²) >= 11 is 11.7. The predicted molar refractivity (Wildman–Crippen MR) is 68.1 cm³/mol. The zero-order chi connectivity index (χ0) is 13.9. The van der Waals surface area contributed by atoms with Gasteiger partial charge in [-0.05, 0) is 25.0 Å². The Morgan fingerprint density at radius 2 is 1.83 bits per heavy atom. The molecule has 1 aromatic heterocycles. The average Bonchev–Trinajstić information content (AvgIpc) is 2.33. The first-order valence-corrected chi connectivity index (χ1v) is 5.81. The Morgan fingerprint density at radius 3 is 2.39 bits per heavy atom. The molecule has 7 heteroatoms. The van der Waals surface area contributed by atoms with Crippen molar-refractivity contribution in [2.24, 2.45) is 0 Å². The van der Waals surface area contributed by atoms with Crippen LogP contribution < -0.4 is 5.32 Å². The van der Waals surface area contributed by atoms with Gasteiger partial charge in [0.25, 0.3) is 5.91 Å². The fourth-order valence-corrected chi connectivity index (χ4v) is 1.88. The Balaban J connectivity index is 2.99. The lowest BCUT2D eigenvalue weighted by molar-refractivity contribution is -0.139. The minimum absolute atomic E-state index is 0.00506. The molecule has 1 amide bonds. The van der Waals surface area contributed by atoms with Crippen LogP contribution in [0.5, 0.6) is 0 Å². The lowest BCUT2D eigenvalue weighted by atomic mass is 10.1. The Hall–Kier alpha value is -1.33. The van der Waals surface area contributed by atoms with Crippen molar-refractivity contribution in [1.29, 1.82) is 0 Å². The molecule has 0 atom stereocenters. The Labute approximate surface area is 114 Å². The number of carbonyl (C=O) groups is 2. The van der Waals surface area contributed by atoms with Crippen molar-refractivity contribution >= 4 is 35.1 Å². The summed E-state index contributed by atoms with van der Waals surface area (Å²) in [5.41, 5.74) is 1.51. The lowest BCUT2D eigenvalue weighted by Crippen LogP contribution is -2.31. The van der Waals surface area contributed by atoms with E-state index < -0.39 is 11.9 Å². The summed E-state index contributed by atoms with van der Waals surface area (Å²) in [6.07, 6.45) is 0. The van der Waals surface area contributed by atoms with Crippen LogP contribution in [0.3, 0.4) is 0 Å². The molecule has 1 heterocycles. The maximum Gasteiger partial charge on any atom is 0.325 e. The molecule has 0 saturated heterocycles. The fraction of sp³-hybridized carbons (Fsp3) is 0.364. The van der Waals surface area contributed by atoms with E-state index in [9.17, 15) is 9.59 Å². The molecule has 0 spiro atoms. The molecule has 1 N–H and O–H groups in total. The first kappa shape index (κ1) is 14.7. The van der Waals surface area contributed by atoms with Crippen molar-refractivity contribution < 1.29 is 14.3 Å². The van der Waals surface area contributed by atoms with Crippen LogP contribution >= 0.6 is 23.2 Å². The van der Waals surface area contributed by atoms with Crippen molar-refractivity contribution in [1.82, 2.24) is 10.3 Å². The predicted octanol–water partition coefficient (Wildman–Crippen LogP) is 1.91. The van der Waals surface area contributed by atoms with Crippen molar-refractivity contribution in [2.45, 2.75) is 13.8 Å². The van der Waals surface area contributed by atoms with Crippen molar-refractivity contribution in [3.8, 4) is 0 Å². The van der Waals surface area contributed by atoms with E-state index in [4.69, 9.17) is 23.2 Å². The number of hydrogen-bond donors (Lipinski definition) is 1. The first-order chi connectivity index (χ1) is 8.38. The third-order valence-electron chi connectivity index (χ3n) is 2.50. The Bertz CT molecular complexity index is 504. The van der Waals surface area contributed by atoms with Gasteiger partial charge in [0.1, 0.15) is 16.9 Å². The van der Waals surface area contributed by atoms with Crippen LogP contribution in [-0.4, -0.2) is 30.5 Å².